The number of hydrogen-bond donors (Lipinski definition) is 1. The highest BCUT2D eigenvalue weighted by atomic mass is 16.5. The van der Waals surface area contributed by atoms with Crippen molar-refractivity contribution in [3.63, 3.8) is 0 Å². The number of hydrogen-bond acceptors (Lipinski definition) is 2. The number of rotatable bonds is 1. The van der Waals surface area contributed by atoms with E-state index in [9.17, 15) is 5.11 Å². The van der Waals surface area contributed by atoms with Crippen LogP contribution in [0.4, 0.5) is 0 Å². The molecule has 2 heteroatoms. The van der Waals surface area contributed by atoms with Gasteiger partial charge in [0.25, 0.3) is 0 Å². The Bertz CT molecular complexity index is 562. The van der Waals surface area contributed by atoms with Gasteiger partial charge in [0.15, 0.2) is 0 Å². The van der Waals surface area contributed by atoms with Crippen LogP contribution in [0.15, 0.2) is 48.5 Å². The van der Waals surface area contributed by atoms with E-state index in [2.05, 4.69) is 11.8 Å². The molecule has 0 atom stereocenters. The largest absolute Gasteiger partial charge is 0.508 e. The fourth-order valence-corrected chi connectivity index (χ4v) is 1.44. The summed E-state index contributed by atoms with van der Waals surface area (Å²) in [6.45, 7) is 0. The molecule has 0 amide bonds. The molecule has 2 nitrogen and oxygen atoms in total. The molecule has 0 unspecified atom stereocenters. The molecule has 2 rings (SSSR count). The Morgan fingerprint density at radius 3 is 2.35 bits per heavy atom. The lowest BCUT2D eigenvalue weighted by atomic mass is 10.1. The predicted octanol–water partition coefficient (Wildman–Crippen LogP) is 2.80. The summed E-state index contributed by atoms with van der Waals surface area (Å²) in [5.41, 5.74) is 1.67. The van der Waals surface area contributed by atoms with Gasteiger partial charge in [0.2, 0.25) is 0 Å². The van der Waals surface area contributed by atoms with Gasteiger partial charge in [-0.05, 0) is 24.3 Å². The third kappa shape index (κ3) is 3.02. The number of aromatic hydroxyl groups is 1. The first-order chi connectivity index (χ1) is 8.28. The lowest BCUT2D eigenvalue weighted by Crippen LogP contribution is -1.84. The van der Waals surface area contributed by atoms with Gasteiger partial charge in [-0.2, -0.15) is 0 Å². The van der Waals surface area contributed by atoms with Crippen LogP contribution in [0, 0.1) is 11.8 Å². The summed E-state index contributed by atoms with van der Waals surface area (Å²) < 4.78 is 5.06. The van der Waals surface area contributed by atoms with Crippen LogP contribution in [0.1, 0.15) is 11.1 Å². The van der Waals surface area contributed by atoms with Gasteiger partial charge in [-0.1, -0.05) is 30.0 Å². The van der Waals surface area contributed by atoms with Crippen molar-refractivity contribution in [1.82, 2.24) is 0 Å². The average molecular weight is 224 g/mol. The number of ether oxygens (including phenoxy) is 1. The van der Waals surface area contributed by atoms with E-state index in [1.165, 1.54) is 0 Å². The summed E-state index contributed by atoms with van der Waals surface area (Å²) in [6.07, 6.45) is 0. The Morgan fingerprint density at radius 1 is 0.941 bits per heavy atom. The monoisotopic (exact) mass is 224 g/mol. The maximum atomic E-state index is 9.47. The minimum Gasteiger partial charge on any atom is -0.508 e. The zero-order chi connectivity index (χ0) is 12.1. The Hall–Kier alpha value is -2.40. The van der Waals surface area contributed by atoms with Crippen molar-refractivity contribution in [1.29, 1.82) is 0 Å². The van der Waals surface area contributed by atoms with Gasteiger partial charge in [0.05, 0.1) is 7.11 Å². The summed E-state index contributed by atoms with van der Waals surface area (Å²) in [5, 5.41) is 9.47. The number of phenols is 1. The molecule has 0 aliphatic carbocycles. The van der Waals surface area contributed by atoms with Crippen molar-refractivity contribution in [3.05, 3.63) is 59.7 Å². The molecule has 0 aromatic heterocycles. The molecule has 0 saturated heterocycles. The van der Waals surface area contributed by atoms with Gasteiger partial charge in [0.1, 0.15) is 11.5 Å². The molecule has 0 radical (unpaired) electrons. The zero-order valence-electron chi connectivity index (χ0n) is 9.47. The van der Waals surface area contributed by atoms with Crippen LogP contribution in [-0.4, -0.2) is 12.2 Å². The summed E-state index contributed by atoms with van der Waals surface area (Å²) in [6, 6.07) is 14.6. The number of phenolic OH excluding ortho intramolecular Hbond substituents is 1. The highest BCUT2D eigenvalue weighted by Crippen LogP contribution is 2.20. The van der Waals surface area contributed by atoms with E-state index in [0.29, 0.717) is 5.75 Å². The van der Waals surface area contributed by atoms with E-state index in [-0.39, 0.29) is 5.75 Å². The highest BCUT2D eigenvalue weighted by molar-refractivity contribution is 5.48. The molecular weight excluding hydrogens is 212 g/mol. The summed E-state index contributed by atoms with van der Waals surface area (Å²) in [7, 11) is 1.56. The van der Waals surface area contributed by atoms with Crippen molar-refractivity contribution in [3.8, 4) is 23.3 Å². The molecule has 0 aliphatic heterocycles. The summed E-state index contributed by atoms with van der Waals surface area (Å²) in [5.74, 6) is 6.76. The average Bonchev–Trinajstić information content (AvgIpc) is 2.37. The third-order valence-corrected chi connectivity index (χ3v) is 2.25. The van der Waals surface area contributed by atoms with Gasteiger partial charge >= 0.3 is 0 Å². The van der Waals surface area contributed by atoms with Crippen molar-refractivity contribution >= 4 is 0 Å². The molecule has 0 saturated carbocycles. The molecule has 0 bridgehead atoms. The minimum atomic E-state index is 0.154. The zero-order valence-corrected chi connectivity index (χ0v) is 9.47. The third-order valence-electron chi connectivity index (χ3n) is 2.25. The first-order valence-electron chi connectivity index (χ1n) is 5.23. The van der Waals surface area contributed by atoms with Crippen LogP contribution in [-0.2, 0) is 0 Å². The van der Waals surface area contributed by atoms with E-state index in [1.807, 2.05) is 30.3 Å². The topological polar surface area (TPSA) is 29.5 Å². The molecule has 1 N–H and O–H groups in total. The molecule has 84 valence electrons. The molecule has 0 fully saturated rings. The van der Waals surface area contributed by atoms with E-state index in [4.69, 9.17) is 4.74 Å². The van der Waals surface area contributed by atoms with E-state index >= 15 is 0 Å². The van der Waals surface area contributed by atoms with Gasteiger partial charge < -0.3 is 9.84 Å². The van der Waals surface area contributed by atoms with Crippen LogP contribution < -0.4 is 4.74 Å². The standard InChI is InChI=1S/C15H12O2/c1-17-15-10-13(9-14(16)11-15)8-7-12-5-3-2-4-6-12/h2-6,9-11,16H,1H3. The minimum absolute atomic E-state index is 0.154. The van der Waals surface area contributed by atoms with Gasteiger partial charge in [-0.3, -0.25) is 0 Å². The van der Waals surface area contributed by atoms with Crippen molar-refractivity contribution in [2.45, 2.75) is 0 Å². The highest BCUT2D eigenvalue weighted by Gasteiger charge is 1.97. The second-order valence-electron chi connectivity index (χ2n) is 3.54. The molecule has 0 aliphatic rings. The predicted molar refractivity (Wildman–Crippen MR) is 67.1 cm³/mol. The Balaban J connectivity index is 2.31. The maximum absolute atomic E-state index is 9.47. The fraction of sp³-hybridized carbons (Fsp3) is 0.0667. The van der Waals surface area contributed by atoms with Gasteiger partial charge in [0, 0.05) is 17.2 Å². The Labute approximate surface area is 100 Å². The summed E-state index contributed by atoms with van der Waals surface area (Å²) in [4.78, 5) is 0. The number of methoxy groups -OCH3 is 1. The molecule has 0 spiro atoms. The Kier molecular flexibility index (Phi) is 3.32. The van der Waals surface area contributed by atoms with Crippen LogP contribution in [0.5, 0.6) is 11.5 Å². The second kappa shape index (κ2) is 5.09. The van der Waals surface area contributed by atoms with Crippen LogP contribution in [0.25, 0.3) is 0 Å². The van der Waals surface area contributed by atoms with Gasteiger partial charge in [-0.25, -0.2) is 0 Å². The van der Waals surface area contributed by atoms with Crippen molar-refractivity contribution < 1.29 is 9.84 Å². The fourth-order valence-electron chi connectivity index (χ4n) is 1.44. The van der Waals surface area contributed by atoms with E-state index in [1.54, 1.807) is 25.3 Å². The molecular formula is C15H12O2. The normalized spacial score (nSPS) is 9.24. The van der Waals surface area contributed by atoms with E-state index < -0.39 is 0 Å². The first-order valence-corrected chi connectivity index (χ1v) is 5.23. The maximum Gasteiger partial charge on any atom is 0.123 e. The smallest absolute Gasteiger partial charge is 0.123 e. The summed E-state index contributed by atoms with van der Waals surface area (Å²) >= 11 is 0. The molecule has 0 heterocycles. The molecule has 2 aromatic rings. The van der Waals surface area contributed by atoms with Crippen LogP contribution in [0.3, 0.4) is 0 Å². The lowest BCUT2D eigenvalue weighted by Gasteiger charge is -2.00. The van der Waals surface area contributed by atoms with Crippen LogP contribution >= 0.6 is 0 Å². The second-order valence-corrected chi connectivity index (χ2v) is 3.54. The SMILES string of the molecule is COc1cc(O)cc(C#Cc2ccccc2)c1. The van der Waals surface area contributed by atoms with Gasteiger partial charge in [-0.15, -0.1) is 0 Å². The quantitative estimate of drug-likeness (QED) is 0.755. The van der Waals surface area contributed by atoms with Crippen molar-refractivity contribution in [2.75, 3.05) is 7.11 Å². The number of benzene rings is 2. The Morgan fingerprint density at radius 2 is 1.65 bits per heavy atom. The molecule has 17 heavy (non-hydrogen) atoms. The van der Waals surface area contributed by atoms with Crippen molar-refractivity contribution in [2.24, 2.45) is 0 Å². The molecule has 2 aromatic carbocycles. The van der Waals surface area contributed by atoms with E-state index in [0.717, 1.165) is 11.1 Å². The first kappa shape index (κ1) is 11.1. The lowest BCUT2D eigenvalue weighted by molar-refractivity contribution is 0.407. The van der Waals surface area contributed by atoms with Crippen LogP contribution in [0.2, 0.25) is 0 Å².